The largest absolute Gasteiger partial charge is 0.355 e. The van der Waals surface area contributed by atoms with Crippen molar-refractivity contribution in [1.82, 2.24) is 15.3 Å². The van der Waals surface area contributed by atoms with Crippen molar-refractivity contribution < 1.29 is 4.79 Å². The first-order valence-corrected chi connectivity index (χ1v) is 9.74. The van der Waals surface area contributed by atoms with Gasteiger partial charge in [0.2, 0.25) is 0 Å². The van der Waals surface area contributed by atoms with Crippen molar-refractivity contribution in [2.24, 2.45) is 0 Å². The summed E-state index contributed by atoms with van der Waals surface area (Å²) in [6.07, 6.45) is 5.84. The Hall–Kier alpha value is -3.21. The number of carbonyl (C=O) groups excluding carboxylic acids is 1. The lowest BCUT2D eigenvalue weighted by Gasteiger charge is -2.19. The van der Waals surface area contributed by atoms with E-state index in [-0.39, 0.29) is 11.9 Å². The van der Waals surface area contributed by atoms with Crippen molar-refractivity contribution in [1.29, 1.82) is 0 Å². The summed E-state index contributed by atoms with van der Waals surface area (Å²) in [4.78, 5) is 24.0. The van der Waals surface area contributed by atoms with Crippen LogP contribution in [0, 0.1) is 0 Å². The van der Waals surface area contributed by atoms with Crippen molar-refractivity contribution in [3.8, 4) is 11.3 Å². The lowest BCUT2D eigenvalue weighted by Crippen LogP contribution is -2.26. The third-order valence-corrected chi connectivity index (χ3v) is 5.15. The Kier molecular flexibility index (Phi) is 5.33. The molecule has 0 spiro atoms. The average Bonchev–Trinajstić information content (AvgIpc) is 3.29. The van der Waals surface area contributed by atoms with Crippen LogP contribution in [0.5, 0.6) is 0 Å². The lowest BCUT2D eigenvalue weighted by atomic mass is 10.1. The molecular weight excluding hydrogens is 348 g/mol. The number of hydrogen-bond donors (Lipinski definition) is 1. The summed E-state index contributed by atoms with van der Waals surface area (Å²) < 4.78 is 0. The number of aromatic nitrogens is 2. The molecule has 4 rings (SSSR count). The van der Waals surface area contributed by atoms with Gasteiger partial charge in [-0.3, -0.25) is 9.78 Å². The van der Waals surface area contributed by atoms with Crippen molar-refractivity contribution in [2.45, 2.75) is 25.8 Å². The van der Waals surface area contributed by atoms with Crippen LogP contribution in [0.1, 0.15) is 41.7 Å². The number of amides is 1. The fourth-order valence-corrected chi connectivity index (χ4v) is 3.58. The molecule has 1 N–H and O–H groups in total. The Labute approximate surface area is 165 Å². The van der Waals surface area contributed by atoms with E-state index in [0.717, 1.165) is 35.7 Å². The standard InChI is InChI=1S/C23H24N4O/c1-17(18-7-3-2-4-8-18)26-23(28)20-11-9-19(10-12-20)21-22(25-14-13-24-21)27-15-5-6-16-27/h2-4,7-14,17H,5-6,15-16H2,1H3,(H,26,28)/t17-/m0/s1. The van der Waals surface area contributed by atoms with Gasteiger partial charge in [-0.2, -0.15) is 0 Å². The zero-order valence-corrected chi connectivity index (χ0v) is 16.0. The molecule has 1 amide bonds. The van der Waals surface area contributed by atoms with Gasteiger partial charge in [-0.1, -0.05) is 42.5 Å². The molecule has 142 valence electrons. The second-order valence-electron chi connectivity index (χ2n) is 7.11. The highest BCUT2D eigenvalue weighted by atomic mass is 16.1. The van der Waals surface area contributed by atoms with E-state index < -0.39 is 0 Å². The molecule has 1 aliphatic heterocycles. The summed E-state index contributed by atoms with van der Waals surface area (Å²) in [5.74, 6) is 0.844. The Bertz CT molecular complexity index is 934. The normalized spacial score (nSPS) is 14.7. The van der Waals surface area contributed by atoms with E-state index in [2.05, 4.69) is 20.2 Å². The molecule has 5 nitrogen and oxygen atoms in total. The van der Waals surface area contributed by atoms with Gasteiger partial charge in [0.1, 0.15) is 5.69 Å². The van der Waals surface area contributed by atoms with Crippen molar-refractivity contribution in [3.05, 3.63) is 78.1 Å². The topological polar surface area (TPSA) is 58.1 Å². The van der Waals surface area contributed by atoms with Crippen LogP contribution >= 0.6 is 0 Å². The molecule has 2 heterocycles. The fourth-order valence-electron chi connectivity index (χ4n) is 3.58. The summed E-state index contributed by atoms with van der Waals surface area (Å²) in [6, 6.07) is 17.5. The van der Waals surface area contributed by atoms with Crippen LogP contribution in [-0.2, 0) is 0 Å². The molecular formula is C23H24N4O. The first kappa shape index (κ1) is 18.2. The maximum Gasteiger partial charge on any atom is 0.251 e. The number of benzene rings is 2. The average molecular weight is 372 g/mol. The molecule has 0 saturated carbocycles. The zero-order chi connectivity index (χ0) is 19.3. The first-order valence-electron chi connectivity index (χ1n) is 9.74. The highest BCUT2D eigenvalue weighted by molar-refractivity contribution is 5.95. The fraction of sp³-hybridized carbons (Fsp3) is 0.261. The summed E-state index contributed by atoms with van der Waals surface area (Å²) in [7, 11) is 0. The molecule has 0 aliphatic carbocycles. The molecule has 0 radical (unpaired) electrons. The molecule has 1 atom stereocenters. The predicted octanol–water partition coefficient (Wildman–Crippen LogP) is 4.23. The highest BCUT2D eigenvalue weighted by Crippen LogP contribution is 2.29. The maximum atomic E-state index is 12.6. The van der Waals surface area contributed by atoms with Crippen LogP contribution in [0.3, 0.4) is 0 Å². The van der Waals surface area contributed by atoms with Gasteiger partial charge in [0.05, 0.1) is 6.04 Å². The van der Waals surface area contributed by atoms with E-state index in [9.17, 15) is 4.79 Å². The molecule has 1 aromatic heterocycles. The van der Waals surface area contributed by atoms with E-state index in [1.165, 1.54) is 12.8 Å². The van der Waals surface area contributed by atoms with Crippen molar-refractivity contribution in [2.75, 3.05) is 18.0 Å². The Morgan fingerprint density at radius 3 is 2.36 bits per heavy atom. The number of nitrogens with one attached hydrogen (secondary N) is 1. The van der Waals surface area contributed by atoms with Crippen LogP contribution in [0.25, 0.3) is 11.3 Å². The van der Waals surface area contributed by atoms with Gasteiger partial charge >= 0.3 is 0 Å². The smallest absolute Gasteiger partial charge is 0.251 e. The van der Waals surface area contributed by atoms with Crippen LogP contribution in [0.2, 0.25) is 0 Å². The molecule has 2 aromatic carbocycles. The SMILES string of the molecule is C[C@H](NC(=O)c1ccc(-c2nccnc2N2CCCC2)cc1)c1ccccc1. The van der Waals surface area contributed by atoms with E-state index in [1.807, 2.05) is 61.5 Å². The third-order valence-electron chi connectivity index (χ3n) is 5.15. The van der Waals surface area contributed by atoms with Crippen molar-refractivity contribution >= 4 is 11.7 Å². The zero-order valence-electron chi connectivity index (χ0n) is 16.0. The number of hydrogen-bond acceptors (Lipinski definition) is 4. The van der Waals surface area contributed by atoms with E-state index in [4.69, 9.17) is 0 Å². The summed E-state index contributed by atoms with van der Waals surface area (Å²) in [5.41, 5.74) is 3.57. The number of carbonyl (C=O) groups is 1. The van der Waals surface area contributed by atoms with Gasteiger partial charge in [-0.25, -0.2) is 4.98 Å². The van der Waals surface area contributed by atoms with Crippen LogP contribution in [-0.4, -0.2) is 29.0 Å². The predicted molar refractivity (Wildman–Crippen MR) is 111 cm³/mol. The summed E-state index contributed by atoms with van der Waals surface area (Å²) >= 11 is 0. The van der Waals surface area contributed by atoms with Gasteiger partial charge in [0, 0.05) is 36.6 Å². The monoisotopic (exact) mass is 372 g/mol. The Morgan fingerprint density at radius 1 is 0.964 bits per heavy atom. The highest BCUT2D eigenvalue weighted by Gasteiger charge is 2.19. The molecule has 1 aliphatic rings. The molecule has 0 unspecified atom stereocenters. The number of anilines is 1. The second-order valence-corrected chi connectivity index (χ2v) is 7.11. The quantitative estimate of drug-likeness (QED) is 0.728. The molecule has 1 saturated heterocycles. The van der Waals surface area contributed by atoms with Crippen LogP contribution < -0.4 is 10.2 Å². The van der Waals surface area contributed by atoms with Crippen LogP contribution in [0.15, 0.2) is 67.0 Å². The van der Waals surface area contributed by atoms with E-state index in [0.29, 0.717) is 5.56 Å². The minimum Gasteiger partial charge on any atom is -0.355 e. The van der Waals surface area contributed by atoms with Gasteiger partial charge in [-0.05, 0) is 37.5 Å². The van der Waals surface area contributed by atoms with Crippen LogP contribution in [0.4, 0.5) is 5.82 Å². The number of rotatable bonds is 5. The molecule has 0 bridgehead atoms. The molecule has 1 fully saturated rings. The second kappa shape index (κ2) is 8.21. The molecule has 5 heteroatoms. The Morgan fingerprint density at radius 2 is 1.64 bits per heavy atom. The number of nitrogens with zero attached hydrogens (tertiary/aromatic N) is 3. The molecule has 3 aromatic rings. The Balaban J connectivity index is 1.51. The van der Waals surface area contributed by atoms with Crippen molar-refractivity contribution in [3.63, 3.8) is 0 Å². The van der Waals surface area contributed by atoms with Gasteiger partial charge in [0.25, 0.3) is 5.91 Å². The van der Waals surface area contributed by atoms with E-state index >= 15 is 0 Å². The van der Waals surface area contributed by atoms with Gasteiger partial charge in [0.15, 0.2) is 5.82 Å². The summed E-state index contributed by atoms with van der Waals surface area (Å²) in [6.45, 7) is 4.02. The minimum absolute atomic E-state index is 0.0462. The van der Waals surface area contributed by atoms with Gasteiger partial charge in [-0.15, -0.1) is 0 Å². The molecule has 28 heavy (non-hydrogen) atoms. The minimum atomic E-state index is -0.0817. The van der Waals surface area contributed by atoms with Gasteiger partial charge < -0.3 is 10.2 Å². The first-order chi connectivity index (χ1) is 13.7. The third kappa shape index (κ3) is 3.88. The summed E-state index contributed by atoms with van der Waals surface area (Å²) in [5, 5.41) is 3.05. The maximum absolute atomic E-state index is 12.6. The lowest BCUT2D eigenvalue weighted by molar-refractivity contribution is 0.0940. The van der Waals surface area contributed by atoms with E-state index in [1.54, 1.807) is 12.4 Å².